The Kier molecular flexibility index (Phi) is 9.46. The fourth-order valence-electron chi connectivity index (χ4n) is 5.74. The Morgan fingerprint density at radius 3 is 2.50 bits per heavy atom. The second-order valence-electron chi connectivity index (χ2n) is 10.9. The number of amides is 3. The van der Waals surface area contributed by atoms with Crippen LogP contribution >= 0.6 is 0 Å². The van der Waals surface area contributed by atoms with E-state index in [2.05, 4.69) is 34.5 Å². The minimum atomic E-state index is -0.647. The number of hydrogen-bond acceptors (Lipinski definition) is 7. The number of nitrogens with one attached hydrogen (secondary N) is 1. The van der Waals surface area contributed by atoms with Gasteiger partial charge in [-0.1, -0.05) is 30.3 Å². The van der Waals surface area contributed by atoms with Crippen LogP contribution < -0.4 is 10.1 Å². The summed E-state index contributed by atoms with van der Waals surface area (Å²) in [6.45, 7) is 5.91. The molecule has 214 valence electrons. The number of hydrogen-bond donors (Lipinski definition) is 1. The van der Waals surface area contributed by atoms with Crippen LogP contribution in [0.4, 0.5) is 0 Å². The third-order valence-electron chi connectivity index (χ3n) is 8.09. The predicted molar refractivity (Wildman–Crippen MR) is 149 cm³/mol. The number of rotatable bonds is 11. The molecule has 0 bridgehead atoms. The largest absolute Gasteiger partial charge is 0.489 e. The highest BCUT2D eigenvalue weighted by molar-refractivity contribution is 6.04. The lowest BCUT2D eigenvalue weighted by Gasteiger charge is -2.31. The second-order valence-corrected chi connectivity index (χ2v) is 10.9. The Balaban J connectivity index is 1.12. The van der Waals surface area contributed by atoms with E-state index in [1.54, 1.807) is 18.1 Å². The van der Waals surface area contributed by atoms with Crippen molar-refractivity contribution < 1.29 is 28.6 Å². The van der Waals surface area contributed by atoms with Crippen LogP contribution in [0.1, 0.15) is 59.2 Å². The maximum atomic E-state index is 13.1. The molecule has 0 radical (unpaired) electrons. The highest BCUT2D eigenvalue weighted by Gasteiger charge is 2.39. The number of carbonyl (C=O) groups is 3. The number of ether oxygens (including phenoxy) is 3. The molecule has 5 rings (SSSR count). The third kappa shape index (κ3) is 6.89. The molecular formula is C31H39N3O6. The number of fused-ring (bicyclic) bond motifs is 1. The second kappa shape index (κ2) is 13.4. The van der Waals surface area contributed by atoms with Gasteiger partial charge in [-0.05, 0) is 68.0 Å². The Bertz CT molecular complexity index is 1190. The van der Waals surface area contributed by atoms with Crippen LogP contribution in [0, 0.1) is 5.92 Å². The van der Waals surface area contributed by atoms with Crippen LogP contribution in [0.5, 0.6) is 5.75 Å². The van der Waals surface area contributed by atoms with Gasteiger partial charge in [0.1, 0.15) is 18.4 Å². The first-order valence-corrected chi connectivity index (χ1v) is 14.3. The zero-order chi connectivity index (χ0) is 27.9. The topological polar surface area (TPSA) is 97.4 Å². The lowest BCUT2D eigenvalue weighted by Crippen LogP contribution is -2.46. The first-order valence-electron chi connectivity index (χ1n) is 14.3. The molecule has 9 nitrogen and oxygen atoms in total. The van der Waals surface area contributed by atoms with Crippen molar-refractivity contribution in [1.82, 2.24) is 15.1 Å². The molecule has 3 aliphatic rings. The Morgan fingerprint density at radius 2 is 1.73 bits per heavy atom. The van der Waals surface area contributed by atoms with Gasteiger partial charge < -0.3 is 19.1 Å². The quantitative estimate of drug-likeness (QED) is 0.339. The molecule has 2 fully saturated rings. The third-order valence-corrected chi connectivity index (χ3v) is 8.09. The van der Waals surface area contributed by atoms with E-state index in [0.717, 1.165) is 50.2 Å². The normalized spacial score (nSPS) is 20.4. The lowest BCUT2D eigenvalue weighted by molar-refractivity contribution is -0.132. The smallest absolute Gasteiger partial charge is 0.255 e. The summed E-state index contributed by atoms with van der Waals surface area (Å²) in [5.74, 6) is 0.403. The highest BCUT2D eigenvalue weighted by Crippen LogP contribution is 2.34. The van der Waals surface area contributed by atoms with E-state index in [9.17, 15) is 14.4 Å². The summed E-state index contributed by atoms with van der Waals surface area (Å²) in [4.78, 5) is 41.5. The first-order chi connectivity index (χ1) is 19.5. The number of imide groups is 1. The average Bonchev–Trinajstić information content (AvgIpc) is 3.20. The Hall–Kier alpha value is -3.27. The van der Waals surface area contributed by atoms with Crippen molar-refractivity contribution in [3.8, 4) is 5.75 Å². The molecule has 2 aromatic carbocycles. The van der Waals surface area contributed by atoms with Crippen LogP contribution in [0.2, 0.25) is 0 Å². The fourth-order valence-corrected chi connectivity index (χ4v) is 5.74. The van der Waals surface area contributed by atoms with E-state index < -0.39 is 11.9 Å². The SMILES string of the molecule is COCCOCC1CCN(Cc2ccc(COc3cccc4c3CN([C@H]3CCCC(=O)NC3=O)C4=O)cc2)CC1. The van der Waals surface area contributed by atoms with Crippen molar-refractivity contribution in [3.05, 3.63) is 64.7 Å². The molecule has 0 saturated carbocycles. The summed E-state index contributed by atoms with van der Waals surface area (Å²) in [5, 5.41) is 2.41. The van der Waals surface area contributed by atoms with E-state index >= 15 is 0 Å². The fraction of sp³-hybridized carbons (Fsp3) is 0.516. The molecule has 0 unspecified atom stereocenters. The van der Waals surface area contributed by atoms with Crippen molar-refractivity contribution in [1.29, 1.82) is 0 Å². The van der Waals surface area contributed by atoms with Crippen molar-refractivity contribution in [2.45, 2.75) is 57.8 Å². The van der Waals surface area contributed by atoms with Crippen LogP contribution in [-0.2, 0) is 38.8 Å². The predicted octanol–water partition coefficient (Wildman–Crippen LogP) is 3.29. The number of benzene rings is 2. The molecule has 3 amide bonds. The molecule has 0 spiro atoms. The summed E-state index contributed by atoms with van der Waals surface area (Å²) >= 11 is 0. The zero-order valence-electron chi connectivity index (χ0n) is 23.2. The van der Waals surface area contributed by atoms with E-state index in [1.165, 1.54) is 5.56 Å². The molecule has 2 saturated heterocycles. The van der Waals surface area contributed by atoms with Gasteiger partial charge in [-0.2, -0.15) is 0 Å². The average molecular weight is 550 g/mol. The van der Waals surface area contributed by atoms with Crippen LogP contribution in [0.15, 0.2) is 42.5 Å². The molecular weight excluding hydrogens is 510 g/mol. The summed E-state index contributed by atoms with van der Waals surface area (Å²) in [6, 6.07) is 13.3. The van der Waals surface area contributed by atoms with E-state index in [1.807, 2.05) is 12.1 Å². The van der Waals surface area contributed by atoms with Gasteiger partial charge in [0.2, 0.25) is 11.8 Å². The number of likely N-dealkylation sites (tertiary alicyclic amines) is 1. The Labute approximate surface area is 235 Å². The summed E-state index contributed by atoms with van der Waals surface area (Å²) in [7, 11) is 1.69. The molecule has 2 aromatic rings. The van der Waals surface area contributed by atoms with Gasteiger partial charge in [0.05, 0.1) is 19.8 Å². The molecule has 3 aliphatic heterocycles. The van der Waals surface area contributed by atoms with E-state index in [-0.39, 0.29) is 11.8 Å². The number of piperidine rings is 1. The van der Waals surface area contributed by atoms with E-state index in [4.69, 9.17) is 14.2 Å². The highest BCUT2D eigenvalue weighted by atomic mass is 16.5. The first kappa shape index (κ1) is 28.3. The summed E-state index contributed by atoms with van der Waals surface area (Å²) in [6.07, 6.45) is 3.66. The minimum Gasteiger partial charge on any atom is -0.489 e. The van der Waals surface area contributed by atoms with Gasteiger partial charge in [-0.15, -0.1) is 0 Å². The monoisotopic (exact) mass is 549 g/mol. The maximum absolute atomic E-state index is 13.1. The summed E-state index contributed by atoms with van der Waals surface area (Å²) in [5.41, 5.74) is 3.68. The van der Waals surface area contributed by atoms with Gasteiger partial charge in [0.15, 0.2) is 0 Å². The lowest BCUT2D eigenvalue weighted by atomic mass is 9.97. The standard InChI is InChI=1S/C31H39N3O6/c1-38-16-17-39-20-24-12-14-33(15-13-24)18-22-8-10-23(11-9-22)21-40-28-6-2-4-25-26(28)19-34(31(25)37)27-5-3-7-29(35)32-30(27)36/h2,4,6,8-11,24,27H,3,5,7,12-21H2,1H3,(H,32,35,36)/t27-/m0/s1. The molecule has 0 aliphatic carbocycles. The van der Waals surface area contributed by atoms with E-state index in [0.29, 0.717) is 62.9 Å². The number of nitrogens with zero attached hydrogens (tertiary/aromatic N) is 2. The zero-order valence-corrected chi connectivity index (χ0v) is 23.2. The van der Waals surface area contributed by atoms with Crippen molar-refractivity contribution in [2.24, 2.45) is 5.92 Å². The van der Waals surface area contributed by atoms with Gasteiger partial charge >= 0.3 is 0 Å². The van der Waals surface area contributed by atoms with Gasteiger partial charge in [-0.3, -0.25) is 24.6 Å². The molecule has 9 heteroatoms. The molecule has 0 aromatic heterocycles. The van der Waals surface area contributed by atoms with Gasteiger partial charge in [-0.25, -0.2) is 0 Å². The maximum Gasteiger partial charge on any atom is 0.255 e. The molecule has 1 N–H and O–H groups in total. The number of carbonyl (C=O) groups excluding carboxylic acids is 3. The van der Waals surface area contributed by atoms with Crippen molar-refractivity contribution in [2.75, 3.05) is 40.0 Å². The van der Waals surface area contributed by atoms with Crippen molar-refractivity contribution in [3.63, 3.8) is 0 Å². The Morgan fingerprint density at radius 1 is 0.950 bits per heavy atom. The van der Waals surface area contributed by atoms with Crippen molar-refractivity contribution >= 4 is 17.7 Å². The van der Waals surface area contributed by atoms with Gasteiger partial charge in [0.25, 0.3) is 5.91 Å². The number of methoxy groups -OCH3 is 1. The molecule has 40 heavy (non-hydrogen) atoms. The summed E-state index contributed by atoms with van der Waals surface area (Å²) < 4.78 is 16.9. The molecule has 1 atom stereocenters. The van der Waals surface area contributed by atoms with Crippen LogP contribution in [0.25, 0.3) is 0 Å². The molecule has 3 heterocycles. The van der Waals surface area contributed by atoms with Crippen LogP contribution in [-0.4, -0.2) is 73.6 Å². The van der Waals surface area contributed by atoms with Crippen LogP contribution in [0.3, 0.4) is 0 Å². The minimum absolute atomic E-state index is 0.193. The van der Waals surface area contributed by atoms with Gasteiger partial charge in [0, 0.05) is 37.8 Å².